The van der Waals surface area contributed by atoms with E-state index in [2.05, 4.69) is 6.58 Å². The molecule has 0 saturated heterocycles. The Morgan fingerprint density at radius 1 is 1.42 bits per heavy atom. The van der Waals surface area contributed by atoms with E-state index in [9.17, 15) is 4.79 Å². The van der Waals surface area contributed by atoms with Crippen LogP contribution in [-0.4, -0.2) is 30.0 Å². The van der Waals surface area contributed by atoms with E-state index in [1.807, 2.05) is 31.2 Å². The van der Waals surface area contributed by atoms with Crippen molar-refractivity contribution < 1.29 is 9.53 Å². The van der Waals surface area contributed by atoms with E-state index in [1.54, 1.807) is 31.9 Å². The third-order valence-electron chi connectivity index (χ3n) is 2.92. The van der Waals surface area contributed by atoms with Crippen molar-refractivity contribution in [1.82, 2.24) is 4.90 Å². The lowest BCUT2D eigenvalue weighted by atomic mass is 10.1. The minimum Gasteiger partial charge on any atom is -0.477 e. The van der Waals surface area contributed by atoms with Crippen molar-refractivity contribution in [2.45, 2.75) is 32.8 Å². The zero-order chi connectivity index (χ0) is 14.5. The summed E-state index contributed by atoms with van der Waals surface area (Å²) in [4.78, 5) is 14.0. The molecule has 0 aliphatic carbocycles. The zero-order valence-electron chi connectivity index (χ0n) is 12.3. The van der Waals surface area contributed by atoms with Crippen molar-refractivity contribution in [3.8, 4) is 5.75 Å². The van der Waals surface area contributed by atoms with Crippen LogP contribution in [0.2, 0.25) is 0 Å². The summed E-state index contributed by atoms with van der Waals surface area (Å²) in [6.45, 7) is 10.1. The summed E-state index contributed by atoms with van der Waals surface area (Å²) in [5.41, 5.74) is 0.00442. The highest BCUT2D eigenvalue weighted by atomic mass is 16.5. The van der Waals surface area contributed by atoms with Gasteiger partial charge in [-0.05, 0) is 26.3 Å². The van der Waals surface area contributed by atoms with Gasteiger partial charge < -0.3 is 9.64 Å². The normalized spacial score (nSPS) is 10.9. The van der Waals surface area contributed by atoms with Crippen LogP contribution in [0.3, 0.4) is 0 Å². The van der Waals surface area contributed by atoms with Crippen molar-refractivity contribution in [1.29, 1.82) is 0 Å². The average Bonchev–Trinajstić information content (AvgIpc) is 2.38. The first-order valence-corrected chi connectivity index (χ1v) is 6.58. The molecule has 0 radical (unpaired) electrons. The maximum absolute atomic E-state index is 12.3. The molecule has 1 rings (SSSR count). The summed E-state index contributed by atoms with van der Waals surface area (Å²) in [5.74, 6) is 0.661. The van der Waals surface area contributed by atoms with Gasteiger partial charge in [-0.3, -0.25) is 4.79 Å². The van der Waals surface area contributed by atoms with Crippen LogP contribution in [0.5, 0.6) is 5.75 Å². The van der Waals surface area contributed by atoms with Crippen LogP contribution in [0.1, 0.15) is 32.8 Å². The van der Waals surface area contributed by atoms with Crippen LogP contribution in [0, 0.1) is 0 Å². The first kappa shape index (κ1) is 15.3. The number of ether oxygens (including phenoxy) is 1. The molecule has 0 aliphatic rings. The standard InChI is InChI=1S/C16H23NO2/c1-6-12-17(5)15(18)16(3,4)19-14-11-9-8-10-13(14)7-2/h7-11H,2,6,12H2,1,3-5H3. The van der Waals surface area contributed by atoms with E-state index in [0.29, 0.717) is 5.75 Å². The van der Waals surface area contributed by atoms with Crippen LogP contribution < -0.4 is 4.74 Å². The number of hydrogen-bond donors (Lipinski definition) is 0. The Kier molecular flexibility index (Phi) is 5.16. The Morgan fingerprint density at radius 3 is 2.63 bits per heavy atom. The molecule has 0 N–H and O–H groups in total. The average molecular weight is 261 g/mol. The number of benzene rings is 1. The summed E-state index contributed by atoms with van der Waals surface area (Å²) in [6, 6.07) is 7.57. The van der Waals surface area contributed by atoms with Gasteiger partial charge in [0.2, 0.25) is 0 Å². The minimum absolute atomic E-state index is 0.0202. The predicted octanol–water partition coefficient (Wildman–Crippen LogP) is 3.36. The summed E-state index contributed by atoms with van der Waals surface area (Å²) in [6.07, 6.45) is 2.66. The molecule has 1 amide bonds. The number of para-hydroxylation sites is 1. The van der Waals surface area contributed by atoms with Gasteiger partial charge in [-0.2, -0.15) is 0 Å². The molecule has 0 fully saturated rings. The fourth-order valence-electron chi connectivity index (χ4n) is 1.96. The zero-order valence-corrected chi connectivity index (χ0v) is 12.3. The van der Waals surface area contributed by atoms with E-state index in [0.717, 1.165) is 18.5 Å². The van der Waals surface area contributed by atoms with Gasteiger partial charge in [0.1, 0.15) is 5.75 Å². The van der Waals surface area contributed by atoms with Crippen LogP contribution in [0.25, 0.3) is 6.08 Å². The van der Waals surface area contributed by atoms with Gasteiger partial charge in [-0.15, -0.1) is 0 Å². The van der Waals surface area contributed by atoms with Gasteiger partial charge in [0.15, 0.2) is 5.60 Å². The lowest BCUT2D eigenvalue weighted by Gasteiger charge is -2.30. The van der Waals surface area contributed by atoms with Crippen LogP contribution in [0.15, 0.2) is 30.8 Å². The van der Waals surface area contributed by atoms with E-state index in [-0.39, 0.29) is 5.91 Å². The Balaban J connectivity index is 2.89. The monoisotopic (exact) mass is 261 g/mol. The second-order valence-electron chi connectivity index (χ2n) is 5.08. The van der Waals surface area contributed by atoms with Crippen molar-refractivity contribution in [2.24, 2.45) is 0 Å². The molecular weight excluding hydrogens is 238 g/mol. The molecule has 0 bridgehead atoms. The predicted molar refractivity (Wildman–Crippen MR) is 79.2 cm³/mol. The van der Waals surface area contributed by atoms with E-state index in [1.165, 1.54) is 0 Å². The van der Waals surface area contributed by atoms with Gasteiger partial charge in [0, 0.05) is 19.2 Å². The molecule has 3 heteroatoms. The summed E-state index contributed by atoms with van der Waals surface area (Å²) < 4.78 is 5.89. The number of rotatable bonds is 6. The molecule has 0 atom stereocenters. The Labute approximate surface area is 115 Å². The summed E-state index contributed by atoms with van der Waals surface area (Å²) in [5, 5.41) is 0. The molecule has 0 unspecified atom stereocenters. The number of nitrogens with zero attached hydrogens (tertiary/aromatic N) is 1. The quantitative estimate of drug-likeness (QED) is 0.786. The summed E-state index contributed by atoms with van der Waals surface area (Å²) in [7, 11) is 1.80. The molecule has 0 aromatic heterocycles. The second kappa shape index (κ2) is 6.41. The van der Waals surface area contributed by atoms with Gasteiger partial charge in [-0.25, -0.2) is 0 Å². The summed E-state index contributed by atoms with van der Waals surface area (Å²) >= 11 is 0. The Hall–Kier alpha value is -1.77. The number of hydrogen-bond acceptors (Lipinski definition) is 2. The third kappa shape index (κ3) is 3.85. The fourth-order valence-corrected chi connectivity index (χ4v) is 1.96. The highest BCUT2D eigenvalue weighted by Gasteiger charge is 2.32. The maximum atomic E-state index is 12.3. The maximum Gasteiger partial charge on any atom is 0.265 e. The molecular formula is C16H23NO2. The Morgan fingerprint density at radius 2 is 2.05 bits per heavy atom. The SMILES string of the molecule is C=Cc1ccccc1OC(C)(C)C(=O)N(C)CCC. The van der Waals surface area contributed by atoms with Crippen molar-refractivity contribution in [3.05, 3.63) is 36.4 Å². The smallest absolute Gasteiger partial charge is 0.265 e. The third-order valence-corrected chi connectivity index (χ3v) is 2.92. The molecule has 3 nitrogen and oxygen atoms in total. The number of carbonyl (C=O) groups excluding carboxylic acids is 1. The number of amides is 1. The van der Waals surface area contributed by atoms with Crippen LogP contribution >= 0.6 is 0 Å². The van der Waals surface area contributed by atoms with Crippen molar-refractivity contribution in [3.63, 3.8) is 0 Å². The first-order valence-electron chi connectivity index (χ1n) is 6.58. The highest BCUT2D eigenvalue weighted by Crippen LogP contribution is 2.25. The molecule has 0 spiro atoms. The number of carbonyl (C=O) groups is 1. The lowest BCUT2D eigenvalue weighted by Crippen LogP contribution is -2.47. The lowest BCUT2D eigenvalue weighted by molar-refractivity contribution is -0.144. The molecule has 1 aromatic carbocycles. The van der Waals surface area contributed by atoms with Gasteiger partial charge in [-0.1, -0.05) is 37.8 Å². The molecule has 0 heterocycles. The highest BCUT2D eigenvalue weighted by molar-refractivity contribution is 5.84. The van der Waals surface area contributed by atoms with Gasteiger partial charge >= 0.3 is 0 Å². The number of likely N-dealkylation sites (N-methyl/N-ethyl adjacent to an activating group) is 1. The molecule has 0 saturated carbocycles. The van der Waals surface area contributed by atoms with Crippen molar-refractivity contribution in [2.75, 3.05) is 13.6 Å². The van der Waals surface area contributed by atoms with E-state index in [4.69, 9.17) is 4.74 Å². The molecule has 1 aromatic rings. The minimum atomic E-state index is -0.886. The van der Waals surface area contributed by atoms with Gasteiger partial charge in [0.05, 0.1) is 0 Å². The molecule has 19 heavy (non-hydrogen) atoms. The van der Waals surface area contributed by atoms with Crippen molar-refractivity contribution >= 4 is 12.0 Å². The second-order valence-corrected chi connectivity index (χ2v) is 5.08. The van der Waals surface area contributed by atoms with Crippen LogP contribution in [-0.2, 0) is 4.79 Å². The molecule has 104 valence electrons. The van der Waals surface area contributed by atoms with E-state index < -0.39 is 5.60 Å². The fraction of sp³-hybridized carbons (Fsp3) is 0.438. The van der Waals surface area contributed by atoms with Crippen LogP contribution in [0.4, 0.5) is 0 Å². The molecule has 0 aliphatic heterocycles. The largest absolute Gasteiger partial charge is 0.477 e. The Bertz CT molecular complexity index is 452. The van der Waals surface area contributed by atoms with Gasteiger partial charge in [0.25, 0.3) is 5.91 Å². The topological polar surface area (TPSA) is 29.5 Å². The first-order chi connectivity index (χ1) is 8.92. The van der Waals surface area contributed by atoms with E-state index >= 15 is 0 Å².